The number of carbonyl (C=O) groups excluding carboxylic acids is 3. The molecule has 2 aromatic carbocycles. The zero-order valence-electron chi connectivity index (χ0n) is 31.7. The molecule has 3 rings (SSSR count). The molecular weight excluding hydrogens is 722 g/mol. The van der Waals surface area contributed by atoms with Crippen molar-refractivity contribution in [1.82, 2.24) is 4.90 Å². The van der Waals surface area contributed by atoms with E-state index >= 15 is 0 Å². The second-order valence-electron chi connectivity index (χ2n) is 11.6. The smallest absolute Gasteiger partial charge is 0.261 e. The largest absolute Gasteiger partial charge is 0.491 e. The first-order valence-electron chi connectivity index (χ1n) is 18.7. The van der Waals surface area contributed by atoms with Gasteiger partial charge in [-0.3, -0.25) is 19.3 Å². The Labute approximate surface area is 323 Å². The van der Waals surface area contributed by atoms with E-state index in [0.717, 1.165) is 6.29 Å². The number of amides is 2. The van der Waals surface area contributed by atoms with E-state index in [-0.39, 0.29) is 25.0 Å². The Morgan fingerprint density at radius 2 is 0.673 bits per heavy atom. The summed E-state index contributed by atoms with van der Waals surface area (Å²) in [5.74, 6) is 0.134. The second kappa shape index (κ2) is 31.8. The fourth-order valence-electron chi connectivity index (χ4n) is 4.76. The zero-order chi connectivity index (χ0) is 38.9. The summed E-state index contributed by atoms with van der Waals surface area (Å²) >= 11 is 0. The summed E-state index contributed by atoms with van der Waals surface area (Å²) in [6, 6.07) is 13.7. The van der Waals surface area contributed by atoms with Crippen molar-refractivity contribution in [3.8, 4) is 5.75 Å². The molecule has 0 aromatic heterocycles. The molecule has 16 heteroatoms. The Bertz CT molecular complexity index is 1250. The van der Waals surface area contributed by atoms with E-state index in [1.807, 2.05) is 0 Å². The number of fused-ring (bicyclic) bond motifs is 1. The van der Waals surface area contributed by atoms with Crippen LogP contribution in [-0.2, 0) is 52.1 Å². The van der Waals surface area contributed by atoms with Crippen molar-refractivity contribution >= 4 is 18.1 Å². The molecule has 0 fully saturated rings. The number of carbonyl (C=O) groups is 3. The van der Waals surface area contributed by atoms with Gasteiger partial charge in [0.25, 0.3) is 11.8 Å². The van der Waals surface area contributed by atoms with Gasteiger partial charge in [0.1, 0.15) is 18.6 Å². The quantitative estimate of drug-likeness (QED) is 0.0554. The summed E-state index contributed by atoms with van der Waals surface area (Å²) in [6.45, 7) is 10.6. The van der Waals surface area contributed by atoms with Gasteiger partial charge in [0.2, 0.25) is 0 Å². The Hall–Kier alpha value is -3.39. The third-order valence-corrected chi connectivity index (χ3v) is 7.57. The van der Waals surface area contributed by atoms with Crippen molar-refractivity contribution in [3.05, 3.63) is 65.2 Å². The number of rotatable bonds is 38. The van der Waals surface area contributed by atoms with Gasteiger partial charge >= 0.3 is 0 Å². The van der Waals surface area contributed by atoms with Crippen molar-refractivity contribution < 1.29 is 71.2 Å². The maximum atomic E-state index is 12.3. The van der Waals surface area contributed by atoms with Gasteiger partial charge in [-0.2, -0.15) is 0 Å². The van der Waals surface area contributed by atoms with Crippen LogP contribution in [0.15, 0.2) is 48.5 Å². The lowest BCUT2D eigenvalue weighted by Gasteiger charge is -2.13. The predicted molar refractivity (Wildman–Crippen MR) is 198 cm³/mol. The number of imide groups is 1. The molecule has 0 radical (unpaired) electrons. The van der Waals surface area contributed by atoms with Gasteiger partial charge in [-0.05, 0) is 36.4 Å². The van der Waals surface area contributed by atoms with Gasteiger partial charge in [-0.15, -0.1) is 0 Å². The van der Waals surface area contributed by atoms with E-state index in [9.17, 15) is 14.4 Å². The van der Waals surface area contributed by atoms with E-state index < -0.39 is 0 Å². The van der Waals surface area contributed by atoms with Crippen molar-refractivity contribution in [2.45, 2.75) is 0 Å². The van der Waals surface area contributed by atoms with E-state index in [1.165, 1.54) is 4.90 Å². The molecule has 1 heterocycles. The van der Waals surface area contributed by atoms with Crippen molar-refractivity contribution in [2.75, 3.05) is 159 Å². The summed E-state index contributed by atoms with van der Waals surface area (Å²) in [7, 11) is 0. The molecule has 2 amide bonds. The molecule has 0 N–H and O–H groups in total. The number of hydrogen-bond donors (Lipinski definition) is 0. The van der Waals surface area contributed by atoms with Crippen LogP contribution in [-0.4, -0.2) is 182 Å². The Morgan fingerprint density at radius 1 is 0.382 bits per heavy atom. The first-order valence-corrected chi connectivity index (χ1v) is 18.7. The van der Waals surface area contributed by atoms with Crippen LogP contribution in [0.4, 0.5) is 0 Å². The summed E-state index contributed by atoms with van der Waals surface area (Å²) in [5, 5.41) is 0. The summed E-state index contributed by atoms with van der Waals surface area (Å²) < 4.78 is 65.8. The number of hydrogen-bond acceptors (Lipinski definition) is 15. The highest BCUT2D eigenvalue weighted by atomic mass is 16.6. The van der Waals surface area contributed by atoms with E-state index in [2.05, 4.69) is 0 Å². The maximum absolute atomic E-state index is 12.3. The molecule has 0 saturated carbocycles. The minimum absolute atomic E-state index is 0.209. The zero-order valence-corrected chi connectivity index (χ0v) is 31.7. The number of ether oxygens (including phenoxy) is 12. The summed E-state index contributed by atoms with van der Waals surface area (Å²) in [4.78, 5) is 36.5. The molecule has 0 atom stereocenters. The highest BCUT2D eigenvalue weighted by Crippen LogP contribution is 2.21. The molecule has 308 valence electrons. The molecule has 55 heavy (non-hydrogen) atoms. The molecule has 0 saturated heterocycles. The number of benzene rings is 2. The minimum Gasteiger partial charge on any atom is -0.491 e. The van der Waals surface area contributed by atoms with E-state index in [1.54, 1.807) is 48.5 Å². The van der Waals surface area contributed by atoms with Crippen LogP contribution >= 0.6 is 0 Å². The fraction of sp³-hybridized carbons (Fsp3) is 0.615. The predicted octanol–water partition coefficient (Wildman–Crippen LogP) is 2.36. The molecular formula is C39H57NO15. The van der Waals surface area contributed by atoms with Crippen molar-refractivity contribution in [1.29, 1.82) is 0 Å². The molecule has 1 aliphatic rings. The third kappa shape index (κ3) is 21.5. The molecule has 1 aliphatic heterocycles. The highest BCUT2D eigenvalue weighted by molar-refractivity contribution is 6.21. The standard InChI is InChI=1S/C39H57NO15/c41-33-34-5-7-35(8-6-34)55-32-31-54-30-29-53-28-27-52-26-25-51-24-23-50-22-21-49-20-19-48-18-17-47-16-15-46-14-13-45-12-11-44-10-9-40-38(42)36-3-1-2-4-37(36)39(40)43/h1-8,33H,9-32H2. The molecule has 2 aromatic rings. The maximum Gasteiger partial charge on any atom is 0.261 e. The molecule has 0 bridgehead atoms. The van der Waals surface area contributed by atoms with E-state index in [4.69, 9.17) is 56.8 Å². The Morgan fingerprint density at radius 3 is 0.982 bits per heavy atom. The topological polar surface area (TPSA) is 165 Å². The van der Waals surface area contributed by atoms with Gasteiger partial charge in [0.15, 0.2) is 0 Å². The van der Waals surface area contributed by atoms with Crippen LogP contribution in [0, 0.1) is 0 Å². The Balaban J connectivity index is 0.907. The SMILES string of the molecule is O=Cc1ccc(OCCOCCOCCOCCOCCOCCOCCOCCOCCOCCOCCOCCN2C(=O)c3ccccc3C2=O)cc1. The Kier molecular flexibility index (Phi) is 26.6. The number of aldehydes is 1. The van der Waals surface area contributed by atoms with Crippen LogP contribution in [0.3, 0.4) is 0 Å². The fourth-order valence-corrected chi connectivity index (χ4v) is 4.76. The average Bonchev–Trinajstić information content (AvgIpc) is 3.45. The lowest BCUT2D eigenvalue weighted by molar-refractivity contribution is -0.0278. The second-order valence-corrected chi connectivity index (χ2v) is 11.6. The molecule has 0 aliphatic carbocycles. The third-order valence-electron chi connectivity index (χ3n) is 7.57. The highest BCUT2D eigenvalue weighted by Gasteiger charge is 2.34. The molecule has 0 unspecified atom stereocenters. The minimum atomic E-state index is -0.282. The molecule has 0 spiro atoms. The summed E-state index contributed by atoms with van der Waals surface area (Å²) in [5.41, 5.74) is 1.49. The van der Waals surface area contributed by atoms with Crippen molar-refractivity contribution in [2.24, 2.45) is 0 Å². The van der Waals surface area contributed by atoms with Crippen LogP contribution in [0.1, 0.15) is 31.1 Å². The normalized spacial score (nSPS) is 12.5. The van der Waals surface area contributed by atoms with Gasteiger partial charge < -0.3 is 56.8 Å². The van der Waals surface area contributed by atoms with Crippen LogP contribution in [0.2, 0.25) is 0 Å². The van der Waals surface area contributed by atoms with Crippen molar-refractivity contribution in [3.63, 3.8) is 0 Å². The van der Waals surface area contributed by atoms with E-state index in [0.29, 0.717) is 168 Å². The number of nitrogens with zero attached hydrogens (tertiary/aromatic N) is 1. The first-order chi connectivity index (χ1) is 27.2. The van der Waals surface area contributed by atoms with Crippen LogP contribution < -0.4 is 4.74 Å². The lowest BCUT2D eigenvalue weighted by Crippen LogP contribution is -2.33. The molecule has 16 nitrogen and oxygen atoms in total. The van der Waals surface area contributed by atoms with Gasteiger partial charge in [-0.25, -0.2) is 0 Å². The van der Waals surface area contributed by atoms with Gasteiger partial charge in [-0.1, -0.05) is 12.1 Å². The van der Waals surface area contributed by atoms with Crippen LogP contribution in [0.25, 0.3) is 0 Å². The summed E-state index contributed by atoms with van der Waals surface area (Å²) in [6.07, 6.45) is 0.794. The van der Waals surface area contributed by atoms with Gasteiger partial charge in [0, 0.05) is 5.56 Å². The van der Waals surface area contributed by atoms with Gasteiger partial charge in [0.05, 0.1) is 163 Å². The lowest BCUT2D eigenvalue weighted by atomic mass is 10.1. The monoisotopic (exact) mass is 779 g/mol. The van der Waals surface area contributed by atoms with Crippen LogP contribution in [0.5, 0.6) is 5.75 Å². The average molecular weight is 780 g/mol. The first kappa shape index (κ1) is 46.0.